The number of fused-ring (bicyclic) bond motifs is 2. The summed E-state index contributed by atoms with van der Waals surface area (Å²) in [6, 6.07) is 17.5. The van der Waals surface area contributed by atoms with E-state index in [1.165, 1.54) is 20.2 Å². The SMILES string of the molecule is O=C(O)C1CCCN(CCC[C@H]2Sc3ccccc3Sc3ccccc32)C1. The summed E-state index contributed by atoms with van der Waals surface area (Å²) in [5, 5.41) is 9.74. The third kappa shape index (κ3) is 4.53. The lowest BCUT2D eigenvalue weighted by Crippen LogP contribution is -2.39. The van der Waals surface area contributed by atoms with Gasteiger partial charge >= 0.3 is 5.97 Å². The average Bonchev–Trinajstić information content (AvgIpc) is 2.85. The first kappa shape index (κ1) is 18.9. The smallest absolute Gasteiger partial charge is 0.307 e. The highest BCUT2D eigenvalue weighted by Crippen LogP contribution is 2.50. The van der Waals surface area contributed by atoms with Gasteiger partial charge in [0.25, 0.3) is 0 Å². The molecule has 0 amide bonds. The molecule has 27 heavy (non-hydrogen) atoms. The van der Waals surface area contributed by atoms with Gasteiger partial charge in [-0.1, -0.05) is 42.1 Å². The summed E-state index contributed by atoms with van der Waals surface area (Å²) in [7, 11) is 0. The van der Waals surface area contributed by atoms with Crippen molar-refractivity contribution in [3.8, 4) is 0 Å². The van der Waals surface area contributed by atoms with Crippen LogP contribution in [0.4, 0.5) is 0 Å². The Balaban J connectivity index is 1.43. The Morgan fingerprint density at radius 2 is 1.81 bits per heavy atom. The quantitative estimate of drug-likeness (QED) is 0.713. The molecule has 2 aromatic carbocycles. The topological polar surface area (TPSA) is 40.5 Å². The summed E-state index contributed by atoms with van der Waals surface area (Å²) in [4.78, 5) is 17.7. The third-order valence-electron chi connectivity index (χ3n) is 5.40. The molecule has 0 saturated carbocycles. The monoisotopic (exact) mass is 399 g/mol. The van der Waals surface area contributed by atoms with E-state index in [2.05, 4.69) is 53.4 Å². The van der Waals surface area contributed by atoms with Crippen LogP contribution in [0.3, 0.4) is 0 Å². The molecule has 2 atom stereocenters. The zero-order chi connectivity index (χ0) is 18.6. The largest absolute Gasteiger partial charge is 0.481 e. The van der Waals surface area contributed by atoms with Crippen LogP contribution in [0.2, 0.25) is 0 Å². The molecule has 3 nitrogen and oxygen atoms in total. The molecule has 142 valence electrons. The molecule has 1 N–H and O–H groups in total. The number of carbonyl (C=O) groups is 1. The lowest BCUT2D eigenvalue weighted by atomic mass is 9.98. The van der Waals surface area contributed by atoms with Gasteiger partial charge in [0.2, 0.25) is 0 Å². The molecular weight excluding hydrogens is 374 g/mol. The van der Waals surface area contributed by atoms with Crippen LogP contribution in [0.15, 0.2) is 63.2 Å². The van der Waals surface area contributed by atoms with E-state index in [4.69, 9.17) is 0 Å². The molecular formula is C22H25NO2S2. The molecule has 1 fully saturated rings. The fraction of sp³-hybridized carbons (Fsp3) is 0.409. The van der Waals surface area contributed by atoms with Crippen molar-refractivity contribution in [2.24, 2.45) is 5.92 Å². The molecule has 2 aromatic rings. The second kappa shape index (κ2) is 8.72. The molecule has 0 bridgehead atoms. The minimum atomic E-state index is -0.637. The van der Waals surface area contributed by atoms with Crippen LogP contribution < -0.4 is 0 Å². The third-order valence-corrected chi connectivity index (χ3v) is 8.08. The number of aliphatic carboxylic acids is 1. The number of nitrogens with zero attached hydrogens (tertiary/aromatic N) is 1. The minimum absolute atomic E-state index is 0.185. The number of carboxylic acids is 1. The van der Waals surface area contributed by atoms with Gasteiger partial charge in [-0.05, 0) is 62.5 Å². The summed E-state index contributed by atoms with van der Waals surface area (Å²) in [6.07, 6.45) is 4.05. The first-order valence-electron chi connectivity index (χ1n) is 9.68. The molecule has 2 aliphatic heterocycles. The Labute approximate surface area is 169 Å². The van der Waals surface area contributed by atoms with Crippen LogP contribution in [0.5, 0.6) is 0 Å². The highest BCUT2D eigenvalue weighted by Gasteiger charge is 2.26. The Kier molecular flexibility index (Phi) is 6.11. The zero-order valence-electron chi connectivity index (χ0n) is 15.3. The second-order valence-electron chi connectivity index (χ2n) is 7.31. The molecule has 2 aliphatic rings. The number of piperidine rings is 1. The molecule has 2 heterocycles. The van der Waals surface area contributed by atoms with Crippen LogP contribution >= 0.6 is 23.5 Å². The Morgan fingerprint density at radius 3 is 2.63 bits per heavy atom. The number of benzene rings is 2. The van der Waals surface area contributed by atoms with Crippen molar-refractivity contribution in [1.29, 1.82) is 0 Å². The Bertz CT molecular complexity index is 810. The number of rotatable bonds is 5. The highest BCUT2D eigenvalue weighted by molar-refractivity contribution is 8.03. The molecule has 0 radical (unpaired) electrons. The predicted molar refractivity (Wildman–Crippen MR) is 112 cm³/mol. The second-order valence-corrected chi connectivity index (χ2v) is 9.64. The maximum absolute atomic E-state index is 11.3. The van der Waals surface area contributed by atoms with Gasteiger partial charge in [-0.2, -0.15) is 0 Å². The van der Waals surface area contributed by atoms with Gasteiger partial charge in [-0.15, -0.1) is 11.8 Å². The molecule has 0 spiro atoms. The van der Waals surface area contributed by atoms with Gasteiger partial charge in [0.05, 0.1) is 5.92 Å². The number of hydrogen-bond acceptors (Lipinski definition) is 4. The van der Waals surface area contributed by atoms with Crippen LogP contribution in [-0.4, -0.2) is 35.6 Å². The van der Waals surface area contributed by atoms with Crippen LogP contribution in [-0.2, 0) is 4.79 Å². The van der Waals surface area contributed by atoms with E-state index in [1.54, 1.807) is 0 Å². The standard InChI is InChI=1S/C22H25NO2S2/c24-22(25)16-7-5-13-23(15-16)14-6-12-19-17-8-1-2-9-18(17)26-20-10-3-4-11-21(20)27-19/h1-4,8-11,16,19H,5-7,12-15H2,(H,24,25)/t16?,19-/m1/s1. The van der Waals surface area contributed by atoms with Crippen LogP contribution in [0.1, 0.15) is 36.5 Å². The van der Waals surface area contributed by atoms with Gasteiger partial charge in [-0.3, -0.25) is 4.79 Å². The molecule has 1 unspecified atom stereocenters. The maximum atomic E-state index is 11.3. The summed E-state index contributed by atoms with van der Waals surface area (Å²) < 4.78 is 0. The minimum Gasteiger partial charge on any atom is -0.481 e. The average molecular weight is 400 g/mol. The molecule has 1 saturated heterocycles. The van der Waals surface area contributed by atoms with Crippen molar-refractivity contribution < 1.29 is 9.90 Å². The molecule has 5 heteroatoms. The van der Waals surface area contributed by atoms with Crippen molar-refractivity contribution in [2.45, 2.75) is 45.6 Å². The summed E-state index contributed by atoms with van der Waals surface area (Å²) >= 11 is 3.85. The first-order valence-corrected chi connectivity index (χ1v) is 11.4. The molecule has 0 aromatic heterocycles. The van der Waals surface area contributed by atoms with E-state index in [0.29, 0.717) is 11.8 Å². The van der Waals surface area contributed by atoms with Crippen molar-refractivity contribution in [3.63, 3.8) is 0 Å². The fourth-order valence-electron chi connectivity index (χ4n) is 3.98. The van der Waals surface area contributed by atoms with Crippen LogP contribution in [0, 0.1) is 5.92 Å². The number of thioether (sulfide) groups is 1. The van der Waals surface area contributed by atoms with Gasteiger partial charge < -0.3 is 10.0 Å². The van der Waals surface area contributed by atoms with Gasteiger partial charge in [0, 0.05) is 26.5 Å². The fourth-order valence-corrected chi connectivity index (χ4v) is 6.62. The summed E-state index contributed by atoms with van der Waals surface area (Å²) in [5.74, 6) is -0.823. The highest BCUT2D eigenvalue weighted by atomic mass is 32.2. The predicted octanol–water partition coefficient (Wildman–Crippen LogP) is 5.56. The maximum Gasteiger partial charge on any atom is 0.307 e. The Hall–Kier alpha value is -1.43. The molecule has 0 aliphatic carbocycles. The first-order chi connectivity index (χ1) is 13.2. The van der Waals surface area contributed by atoms with E-state index in [0.717, 1.165) is 38.8 Å². The lowest BCUT2D eigenvalue weighted by Gasteiger charge is -2.31. The normalized spacial score (nSPS) is 22.5. The molecule has 4 rings (SSSR count). The number of carboxylic acid groups (broad SMARTS) is 1. The van der Waals surface area contributed by atoms with Gasteiger partial charge in [0.1, 0.15) is 0 Å². The van der Waals surface area contributed by atoms with E-state index in [1.807, 2.05) is 23.5 Å². The van der Waals surface area contributed by atoms with Crippen LogP contribution in [0.25, 0.3) is 0 Å². The van der Waals surface area contributed by atoms with Crippen molar-refractivity contribution in [1.82, 2.24) is 4.90 Å². The van der Waals surface area contributed by atoms with Gasteiger partial charge in [-0.25, -0.2) is 0 Å². The van der Waals surface area contributed by atoms with Crippen molar-refractivity contribution in [2.75, 3.05) is 19.6 Å². The van der Waals surface area contributed by atoms with E-state index in [-0.39, 0.29) is 5.92 Å². The summed E-state index contributed by atoms with van der Waals surface area (Å²) in [6.45, 7) is 2.75. The summed E-state index contributed by atoms with van der Waals surface area (Å²) in [5.41, 5.74) is 1.44. The number of likely N-dealkylation sites (tertiary alicyclic amines) is 1. The number of hydrogen-bond donors (Lipinski definition) is 1. The van der Waals surface area contributed by atoms with E-state index < -0.39 is 5.97 Å². The lowest BCUT2D eigenvalue weighted by molar-refractivity contribution is -0.143. The van der Waals surface area contributed by atoms with Crippen molar-refractivity contribution >= 4 is 29.5 Å². The van der Waals surface area contributed by atoms with E-state index >= 15 is 0 Å². The Morgan fingerprint density at radius 1 is 1.07 bits per heavy atom. The van der Waals surface area contributed by atoms with Gasteiger partial charge in [0.15, 0.2) is 0 Å². The zero-order valence-corrected chi connectivity index (χ0v) is 17.0. The van der Waals surface area contributed by atoms with Crippen molar-refractivity contribution in [3.05, 3.63) is 54.1 Å². The van der Waals surface area contributed by atoms with E-state index in [9.17, 15) is 9.90 Å².